The fourth-order valence-electron chi connectivity index (χ4n) is 1.90. The van der Waals surface area contributed by atoms with Crippen LogP contribution in [0.15, 0.2) is 0 Å². The summed E-state index contributed by atoms with van der Waals surface area (Å²) in [6.07, 6.45) is 4.52. The van der Waals surface area contributed by atoms with Gasteiger partial charge in [-0.1, -0.05) is 6.92 Å². The first-order valence-corrected chi connectivity index (χ1v) is 6.24. The maximum atomic E-state index is 8.59. The van der Waals surface area contributed by atoms with Gasteiger partial charge in [0.05, 0.1) is 6.61 Å². The summed E-state index contributed by atoms with van der Waals surface area (Å²) in [7, 11) is 0. The number of rotatable bonds is 7. The van der Waals surface area contributed by atoms with Crippen molar-refractivity contribution in [1.82, 2.24) is 4.90 Å². The molecular formula is C12H25NO2. The van der Waals surface area contributed by atoms with Crippen LogP contribution < -0.4 is 0 Å². The number of aliphatic hydroxyl groups is 1. The Hall–Kier alpha value is -0.120. The van der Waals surface area contributed by atoms with E-state index >= 15 is 0 Å². The molecule has 0 aromatic rings. The third kappa shape index (κ3) is 6.13. The number of unbranched alkanes of at least 4 members (excludes halogenated alkanes) is 1. The molecule has 0 saturated carbocycles. The van der Waals surface area contributed by atoms with Crippen LogP contribution in [0, 0.1) is 5.92 Å². The van der Waals surface area contributed by atoms with E-state index in [2.05, 4.69) is 11.8 Å². The summed E-state index contributed by atoms with van der Waals surface area (Å²) in [4.78, 5) is 2.49. The zero-order chi connectivity index (χ0) is 10.9. The summed E-state index contributed by atoms with van der Waals surface area (Å²) >= 11 is 0. The minimum Gasteiger partial charge on any atom is -0.396 e. The van der Waals surface area contributed by atoms with Crippen molar-refractivity contribution in [3.05, 3.63) is 0 Å². The molecule has 0 unspecified atom stereocenters. The summed E-state index contributed by atoms with van der Waals surface area (Å²) in [5.74, 6) is 0.909. The Morgan fingerprint density at radius 3 is 2.60 bits per heavy atom. The molecule has 0 aromatic carbocycles. The Morgan fingerprint density at radius 1 is 1.20 bits per heavy atom. The predicted molar refractivity (Wildman–Crippen MR) is 62.0 cm³/mol. The van der Waals surface area contributed by atoms with E-state index in [1.165, 1.54) is 25.9 Å². The normalized spacial score (nSPS) is 19.6. The van der Waals surface area contributed by atoms with Gasteiger partial charge in [0.25, 0.3) is 0 Å². The Balaban J connectivity index is 1.87. The number of ether oxygens (including phenoxy) is 1. The van der Waals surface area contributed by atoms with Gasteiger partial charge >= 0.3 is 0 Å². The largest absolute Gasteiger partial charge is 0.396 e. The Kier molecular flexibility index (Phi) is 6.98. The fourth-order valence-corrected chi connectivity index (χ4v) is 1.90. The number of aliphatic hydroxyl groups excluding tert-OH is 1. The van der Waals surface area contributed by atoms with Gasteiger partial charge in [-0.3, -0.25) is 0 Å². The molecule has 15 heavy (non-hydrogen) atoms. The zero-order valence-corrected chi connectivity index (χ0v) is 9.95. The van der Waals surface area contributed by atoms with Crippen LogP contribution in [0.4, 0.5) is 0 Å². The predicted octanol–water partition coefficient (Wildman–Crippen LogP) is 1.51. The first kappa shape index (κ1) is 12.9. The van der Waals surface area contributed by atoms with E-state index in [1.54, 1.807) is 0 Å². The Bertz CT molecular complexity index is 145. The van der Waals surface area contributed by atoms with Crippen molar-refractivity contribution in [3.8, 4) is 0 Å². The van der Waals surface area contributed by atoms with Crippen molar-refractivity contribution < 1.29 is 9.84 Å². The standard InChI is InChI=1S/C12H25NO2/c1-12-4-6-13(7-5-12)8-11-15-10-3-2-9-14/h12,14H,2-11H2,1H3. The van der Waals surface area contributed by atoms with Crippen molar-refractivity contribution in [2.24, 2.45) is 5.92 Å². The molecule has 3 nitrogen and oxygen atoms in total. The number of hydrogen-bond donors (Lipinski definition) is 1. The van der Waals surface area contributed by atoms with Crippen LogP contribution >= 0.6 is 0 Å². The highest BCUT2D eigenvalue weighted by atomic mass is 16.5. The van der Waals surface area contributed by atoms with E-state index < -0.39 is 0 Å². The van der Waals surface area contributed by atoms with E-state index in [0.29, 0.717) is 0 Å². The van der Waals surface area contributed by atoms with Crippen LogP contribution in [-0.2, 0) is 4.74 Å². The molecule has 0 radical (unpaired) electrons. The molecule has 0 aromatic heterocycles. The van der Waals surface area contributed by atoms with Crippen molar-refractivity contribution in [2.45, 2.75) is 32.6 Å². The third-order valence-corrected chi connectivity index (χ3v) is 3.12. The highest BCUT2D eigenvalue weighted by molar-refractivity contribution is 4.68. The second-order valence-electron chi connectivity index (χ2n) is 4.57. The molecule has 1 heterocycles. The monoisotopic (exact) mass is 215 g/mol. The summed E-state index contributed by atoms with van der Waals surface area (Å²) in [5.41, 5.74) is 0. The molecule has 0 spiro atoms. The topological polar surface area (TPSA) is 32.7 Å². The maximum absolute atomic E-state index is 8.59. The zero-order valence-electron chi connectivity index (χ0n) is 9.95. The molecule has 0 atom stereocenters. The first-order valence-electron chi connectivity index (χ1n) is 6.24. The van der Waals surface area contributed by atoms with Gasteiger partial charge in [0.15, 0.2) is 0 Å². The SMILES string of the molecule is CC1CCN(CCOCCCCO)CC1. The Morgan fingerprint density at radius 2 is 1.93 bits per heavy atom. The third-order valence-electron chi connectivity index (χ3n) is 3.12. The van der Waals surface area contributed by atoms with Crippen LogP contribution in [0.5, 0.6) is 0 Å². The van der Waals surface area contributed by atoms with Gasteiger partial charge < -0.3 is 14.7 Å². The van der Waals surface area contributed by atoms with Crippen LogP contribution in [0.25, 0.3) is 0 Å². The lowest BCUT2D eigenvalue weighted by Crippen LogP contribution is -2.35. The van der Waals surface area contributed by atoms with Gasteiger partial charge in [-0.05, 0) is 44.7 Å². The average Bonchev–Trinajstić information content (AvgIpc) is 2.26. The van der Waals surface area contributed by atoms with E-state index in [4.69, 9.17) is 9.84 Å². The van der Waals surface area contributed by atoms with Crippen LogP contribution in [0.3, 0.4) is 0 Å². The lowest BCUT2D eigenvalue weighted by atomic mass is 9.99. The van der Waals surface area contributed by atoms with E-state index in [1.807, 2.05) is 0 Å². The molecule has 1 N–H and O–H groups in total. The lowest BCUT2D eigenvalue weighted by molar-refractivity contribution is 0.0856. The average molecular weight is 215 g/mol. The molecule has 1 saturated heterocycles. The molecular weight excluding hydrogens is 190 g/mol. The van der Waals surface area contributed by atoms with Crippen molar-refractivity contribution in [2.75, 3.05) is 39.5 Å². The molecule has 1 rings (SSSR count). The van der Waals surface area contributed by atoms with Crippen LogP contribution in [0.2, 0.25) is 0 Å². The molecule has 3 heteroatoms. The quantitative estimate of drug-likeness (QED) is 0.653. The molecule has 1 fully saturated rings. The van der Waals surface area contributed by atoms with E-state index in [0.717, 1.165) is 38.5 Å². The van der Waals surface area contributed by atoms with Crippen molar-refractivity contribution >= 4 is 0 Å². The van der Waals surface area contributed by atoms with E-state index in [-0.39, 0.29) is 6.61 Å². The minimum absolute atomic E-state index is 0.285. The molecule has 1 aliphatic rings. The van der Waals surface area contributed by atoms with E-state index in [9.17, 15) is 0 Å². The first-order chi connectivity index (χ1) is 7.33. The second kappa shape index (κ2) is 8.08. The number of nitrogens with zero attached hydrogens (tertiary/aromatic N) is 1. The molecule has 0 aliphatic carbocycles. The van der Waals surface area contributed by atoms with Gasteiger partial charge in [0.1, 0.15) is 0 Å². The summed E-state index contributed by atoms with van der Waals surface area (Å²) in [5, 5.41) is 8.59. The maximum Gasteiger partial charge on any atom is 0.0593 e. The van der Waals surface area contributed by atoms with Gasteiger partial charge in [-0.2, -0.15) is 0 Å². The summed E-state index contributed by atoms with van der Waals surface area (Å²) in [6.45, 7) is 7.81. The van der Waals surface area contributed by atoms with Gasteiger partial charge in [-0.15, -0.1) is 0 Å². The lowest BCUT2D eigenvalue weighted by Gasteiger charge is -2.29. The van der Waals surface area contributed by atoms with Gasteiger partial charge in [0, 0.05) is 19.8 Å². The molecule has 1 aliphatic heterocycles. The highest BCUT2D eigenvalue weighted by Gasteiger charge is 2.14. The Labute approximate surface area is 93.4 Å². The molecule has 90 valence electrons. The van der Waals surface area contributed by atoms with Gasteiger partial charge in [-0.25, -0.2) is 0 Å². The summed E-state index contributed by atoms with van der Waals surface area (Å²) in [6, 6.07) is 0. The molecule has 0 bridgehead atoms. The van der Waals surface area contributed by atoms with Crippen molar-refractivity contribution in [1.29, 1.82) is 0 Å². The second-order valence-corrected chi connectivity index (χ2v) is 4.57. The number of likely N-dealkylation sites (tertiary alicyclic amines) is 1. The smallest absolute Gasteiger partial charge is 0.0593 e. The minimum atomic E-state index is 0.285. The summed E-state index contributed by atoms with van der Waals surface area (Å²) < 4.78 is 5.51. The fraction of sp³-hybridized carbons (Fsp3) is 1.00. The number of hydrogen-bond acceptors (Lipinski definition) is 3. The van der Waals surface area contributed by atoms with Crippen LogP contribution in [-0.4, -0.2) is 49.5 Å². The number of piperidine rings is 1. The van der Waals surface area contributed by atoms with Crippen LogP contribution in [0.1, 0.15) is 32.6 Å². The van der Waals surface area contributed by atoms with Gasteiger partial charge in [0.2, 0.25) is 0 Å². The highest BCUT2D eigenvalue weighted by Crippen LogP contribution is 2.15. The molecule has 0 amide bonds. The van der Waals surface area contributed by atoms with Crippen molar-refractivity contribution in [3.63, 3.8) is 0 Å².